The van der Waals surface area contributed by atoms with Gasteiger partial charge in [0.1, 0.15) is 4.90 Å². The molecular formula is C11H13ClN2O6S. The zero-order valence-electron chi connectivity index (χ0n) is 10.9. The molecule has 0 spiro atoms. The second kappa shape index (κ2) is 6.83. The van der Waals surface area contributed by atoms with Crippen LogP contribution in [0, 0.1) is 10.1 Å². The van der Waals surface area contributed by atoms with Crippen molar-refractivity contribution in [3.63, 3.8) is 0 Å². The van der Waals surface area contributed by atoms with Crippen molar-refractivity contribution in [2.75, 3.05) is 0 Å². The van der Waals surface area contributed by atoms with Gasteiger partial charge in [0.2, 0.25) is 10.0 Å². The second-order valence-electron chi connectivity index (χ2n) is 4.33. The summed E-state index contributed by atoms with van der Waals surface area (Å²) in [6, 6.07) is 2.39. The molecule has 1 unspecified atom stereocenters. The third-order valence-corrected chi connectivity index (χ3v) is 4.64. The number of non-ortho nitro benzene ring substituents is 1. The molecule has 1 aromatic rings. The van der Waals surface area contributed by atoms with Crippen LogP contribution in [0.1, 0.15) is 19.8 Å². The molecule has 0 aliphatic carbocycles. The maximum Gasteiger partial charge on any atom is 0.303 e. The molecule has 0 heterocycles. The van der Waals surface area contributed by atoms with Gasteiger partial charge < -0.3 is 5.11 Å². The van der Waals surface area contributed by atoms with Crippen molar-refractivity contribution in [2.24, 2.45) is 0 Å². The number of carboxylic acid groups (broad SMARTS) is 1. The largest absolute Gasteiger partial charge is 0.481 e. The van der Waals surface area contributed by atoms with E-state index < -0.39 is 27.0 Å². The lowest BCUT2D eigenvalue weighted by Crippen LogP contribution is -2.33. The minimum atomic E-state index is -3.98. The summed E-state index contributed by atoms with van der Waals surface area (Å²) in [5.41, 5.74) is -0.321. The Morgan fingerprint density at radius 1 is 1.52 bits per heavy atom. The number of carbonyl (C=O) groups is 1. The van der Waals surface area contributed by atoms with Crippen molar-refractivity contribution in [1.82, 2.24) is 4.72 Å². The van der Waals surface area contributed by atoms with Crippen LogP contribution in [0.5, 0.6) is 0 Å². The van der Waals surface area contributed by atoms with Crippen LogP contribution in [0.4, 0.5) is 5.69 Å². The first kappa shape index (κ1) is 17.3. The molecule has 0 saturated heterocycles. The maximum absolute atomic E-state index is 12.1. The standard InChI is InChI=1S/C11H13ClN2O6S/c1-7(2-5-11(15)16)13-21(19,20)10-4-3-8(14(17)18)6-9(10)12/h3-4,6-7,13H,2,5H2,1H3,(H,15,16). The van der Waals surface area contributed by atoms with Crippen molar-refractivity contribution in [3.05, 3.63) is 33.3 Å². The van der Waals surface area contributed by atoms with Gasteiger partial charge in [0, 0.05) is 24.6 Å². The molecule has 0 fully saturated rings. The number of nitro groups is 1. The Kier molecular flexibility index (Phi) is 5.64. The summed E-state index contributed by atoms with van der Waals surface area (Å²) in [5, 5.41) is 18.8. The van der Waals surface area contributed by atoms with E-state index in [4.69, 9.17) is 16.7 Å². The number of rotatable bonds is 7. The van der Waals surface area contributed by atoms with Gasteiger partial charge in [-0.05, 0) is 19.4 Å². The van der Waals surface area contributed by atoms with Crippen LogP contribution < -0.4 is 4.72 Å². The maximum atomic E-state index is 12.1. The molecule has 0 aliphatic rings. The van der Waals surface area contributed by atoms with Crippen molar-refractivity contribution in [3.8, 4) is 0 Å². The monoisotopic (exact) mass is 336 g/mol. The van der Waals surface area contributed by atoms with Gasteiger partial charge >= 0.3 is 5.97 Å². The van der Waals surface area contributed by atoms with Crippen molar-refractivity contribution >= 4 is 33.3 Å². The topological polar surface area (TPSA) is 127 Å². The molecule has 116 valence electrons. The predicted octanol–water partition coefficient (Wildman–Crippen LogP) is 1.78. The van der Waals surface area contributed by atoms with E-state index in [1.807, 2.05) is 0 Å². The average Bonchev–Trinajstić information content (AvgIpc) is 2.35. The number of nitro benzene ring substituents is 1. The molecule has 10 heteroatoms. The predicted molar refractivity (Wildman–Crippen MR) is 74.8 cm³/mol. The number of nitrogens with one attached hydrogen (secondary N) is 1. The van der Waals surface area contributed by atoms with Gasteiger partial charge in [0.25, 0.3) is 5.69 Å². The SMILES string of the molecule is CC(CCC(=O)O)NS(=O)(=O)c1ccc([N+](=O)[O-])cc1Cl. The number of nitrogens with zero attached hydrogens (tertiary/aromatic N) is 1. The normalized spacial score (nSPS) is 12.9. The lowest BCUT2D eigenvalue weighted by Gasteiger charge is -2.14. The summed E-state index contributed by atoms with van der Waals surface area (Å²) >= 11 is 5.75. The van der Waals surface area contributed by atoms with Crippen molar-refractivity contribution < 1.29 is 23.2 Å². The van der Waals surface area contributed by atoms with Gasteiger partial charge in [0.15, 0.2) is 0 Å². The Hall–Kier alpha value is -1.71. The number of hydrogen-bond acceptors (Lipinski definition) is 5. The Morgan fingerprint density at radius 3 is 2.62 bits per heavy atom. The third-order valence-electron chi connectivity index (χ3n) is 2.56. The van der Waals surface area contributed by atoms with Crippen LogP contribution in [0.25, 0.3) is 0 Å². The Labute approximate surface area is 125 Å². The fraction of sp³-hybridized carbons (Fsp3) is 0.364. The molecule has 1 rings (SSSR count). The van der Waals surface area contributed by atoms with Crippen LogP contribution in [0.15, 0.2) is 23.1 Å². The molecular weight excluding hydrogens is 324 g/mol. The fourth-order valence-electron chi connectivity index (χ4n) is 1.55. The summed E-state index contributed by atoms with van der Waals surface area (Å²) in [7, 11) is -3.98. The molecule has 0 aromatic heterocycles. The van der Waals surface area contributed by atoms with E-state index in [0.29, 0.717) is 0 Å². The van der Waals surface area contributed by atoms with E-state index in [-0.39, 0.29) is 28.4 Å². The lowest BCUT2D eigenvalue weighted by atomic mass is 10.2. The van der Waals surface area contributed by atoms with Crippen molar-refractivity contribution in [1.29, 1.82) is 0 Å². The van der Waals surface area contributed by atoms with E-state index in [0.717, 1.165) is 18.2 Å². The zero-order valence-corrected chi connectivity index (χ0v) is 12.5. The van der Waals surface area contributed by atoms with Crippen LogP contribution in [-0.2, 0) is 14.8 Å². The van der Waals surface area contributed by atoms with Crippen LogP contribution in [0.2, 0.25) is 5.02 Å². The minimum absolute atomic E-state index is 0.110. The molecule has 1 aromatic carbocycles. The molecule has 8 nitrogen and oxygen atoms in total. The number of sulfonamides is 1. The molecule has 0 amide bonds. The third kappa shape index (κ3) is 4.96. The number of carboxylic acids is 1. The Bertz CT molecular complexity index is 661. The summed E-state index contributed by atoms with van der Waals surface area (Å²) in [6.07, 6.45) is -0.0726. The Morgan fingerprint density at radius 2 is 2.14 bits per heavy atom. The van der Waals surface area contributed by atoms with E-state index in [9.17, 15) is 23.3 Å². The number of benzene rings is 1. The fourth-order valence-corrected chi connectivity index (χ4v) is 3.37. The van der Waals surface area contributed by atoms with E-state index in [1.165, 1.54) is 6.92 Å². The second-order valence-corrected chi connectivity index (χ2v) is 6.42. The molecule has 0 aliphatic heterocycles. The van der Waals surface area contributed by atoms with Crippen molar-refractivity contribution in [2.45, 2.75) is 30.7 Å². The first-order valence-corrected chi connectivity index (χ1v) is 7.67. The van der Waals surface area contributed by atoms with Gasteiger partial charge in [-0.15, -0.1) is 0 Å². The quantitative estimate of drug-likeness (QED) is 0.577. The van der Waals surface area contributed by atoms with Gasteiger partial charge in [0.05, 0.1) is 9.95 Å². The number of aliphatic carboxylic acids is 1. The summed E-state index contributed by atoms with van der Waals surface area (Å²) in [4.78, 5) is 20.0. The number of halogens is 1. The van der Waals surface area contributed by atoms with E-state index in [2.05, 4.69) is 4.72 Å². The molecule has 0 radical (unpaired) electrons. The molecule has 1 atom stereocenters. The minimum Gasteiger partial charge on any atom is -0.481 e. The lowest BCUT2D eigenvalue weighted by molar-refractivity contribution is -0.384. The summed E-state index contributed by atoms with van der Waals surface area (Å²) in [5.74, 6) is -1.03. The molecule has 2 N–H and O–H groups in total. The number of hydrogen-bond donors (Lipinski definition) is 2. The van der Waals surface area contributed by atoms with E-state index >= 15 is 0 Å². The highest BCUT2D eigenvalue weighted by Gasteiger charge is 2.22. The van der Waals surface area contributed by atoms with Gasteiger partial charge in [-0.3, -0.25) is 14.9 Å². The average molecular weight is 337 g/mol. The first-order valence-electron chi connectivity index (χ1n) is 5.81. The van der Waals surface area contributed by atoms with E-state index in [1.54, 1.807) is 0 Å². The molecule has 0 saturated carbocycles. The highest BCUT2D eigenvalue weighted by atomic mass is 35.5. The molecule has 0 bridgehead atoms. The van der Waals surface area contributed by atoms with Gasteiger partial charge in [-0.1, -0.05) is 11.6 Å². The summed E-state index contributed by atoms with van der Waals surface area (Å²) < 4.78 is 26.4. The molecule has 21 heavy (non-hydrogen) atoms. The zero-order chi connectivity index (χ0) is 16.2. The van der Waals surface area contributed by atoms with Crippen LogP contribution in [-0.4, -0.2) is 30.5 Å². The van der Waals surface area contributed by atoms with Gasteiger partial charge in [-0.2, -0.15) is 0 Å². The van der Waals surface area contributed by atoms with Crippen LogP contribution >= 0.6 is 11.6 Å². The first-order chi connectivity index (χ1) is 9.63. The highest BCUT2D eigenvalue weighted by Crippen LogP contribution is 2.26. The van der Waals surface area contributed by atoms with Gasteiger partial charge in [-0.25, -0.2) is 13.1 Å². The summed E-state index contributed by atoms with van der Waals surface area (Å²) in [6.45, 7) is 1.51. The highest BCUT2D eigenvalue weighted by molar-refractivity contribution is 7.89. The smallest absolute Gasteiger partial charge is 0.303 e. The Balaban J connectivity index is 2.93. The van der Waals surface area contributed by atoms with Crippen LogP contribution in [0.3, 0.4) is 0 Å².